The Balaban J connectivity index is 2.30. The Morgan fingerprint density at radius 2 is 2.00 bits per heavy atom. The van der Waals surface area contributed by atoms with E-state index in [2.05, 4.69) is 13.0 Å². The SMILES string of the molecule is CC1=CC[C@@H](C(=O)O)[C@@H](c2ccccc2)C1. The number of hydrogen-bond donors (Lipinski definition) is 1. The Bertz CT molecular complexity index is 406. The topological polar surface area (TPSA) is 37.3 Å². The zero-order valence-electron chi connectivity index (χ0n) is 9.39. The van der Waals surface area contributed by atoms with Crippen molar-refractivity contribution in [1.29, 1.82) is 0 Å². The van der Waals surface area contributed by atoms with Crippen LogP contribution in [-0.2, 0) is 4.79 Å². The summed E-state index contributed by atoms with van der Waals surface area (Å²) in [5, 5.41) is 9.23. The third kappa shape index (κ3) is 2.16. The zero-order chi connectivity index (χ0) is 11.5. The maximum absolute atomic E-state index is 11.2. The van der Waals surface area contributed by atoms with E-state index in [0.29, 0.717) is 6.42 Å². The Hall–Kier alpha value is -1.57. The summed E-state index contributed by atoms with van der Waals surface area (Å²) < 4.78 is 0. The quantitative estimate of drug-likeness (QED) is 0.771. The Morgan fingerprint density at radius 1 is 1.31 bits per heavy atom. The van der Waals surface area contributed by atoms with Gasteiger partial charge in [-0.15, -0.1) is 0 Å². The van der Waals surface area contributed by atoms with Crippen LogP contribution in [-0.4, -0.2) is 11.1 Å². The number of benzene rings is 1. The smallest absolute Gasteiger partial charge is 0.307 e. The van der Waals surface area contributed by atoms with E-state index >= 15 is 0 Å². The highest BCUT2D eigenvalue weighted by Crippen LogP contribution is 2.37. The molecule has 2 atom stereocenters. The van der Waals surface area contributed by atoms with E-state index in [1.165, 1.54) is 5.57 Å². The molecule has 2 nitrogen and oxygen atoms in total. The normalized spacial score (nSPS) is 24.9. The third-order valence-corrected chi connectivity index (χ3v) is 3.29. The Kier molecular flexibility index (Phi) is 3.09. The van der Waals surface area contributed by atoms with Crippen LogP contribution in [0.3, 0.4) is 0 Å². The molecule has 0 bridgehead atoms. The van der Waals surface area contributed by atoms with Crippen molar-refractivity contribution in [2.45, 2.75) is 25.7 Å². The van der Waals surface area contributed by atoms with Crippen molar-refractivity contribution in [2.24, 2.45) is 5.92 Å². The molecule has 1 N–H and O–H groups in total. The van der Waals surface area contributed by atoms with Gasteiger partial charge in [-0.1, -0.05) is 42.0 Å². The molecule has 0 unspecified atom stereocenters. The first kappa shape index (κ1) is 10.9. The summed E-state index contributed by atoms with van der Waals surface area (Å²) in [6, 6.07) is 9.97. The van der Waals surface area contributed by atoms with Crippen molar-refractivity contribution >= 4 is 5.97 Å². The summed E-state index contributed by atoms with van der Waals surface area (Å²) in [5.74, 6) is -0.826. The molecular weight excluding hydrogens is 200 g/mol. The summed E-state index contributed by atoms with van der Waals surface area (Å²) in [5.41, 5.74) is 2.44. The standard InChI is InChI=1S/C14H16O2/c1-10-7-8-12(14(15)16)13(9-10)11-5-3-2-4-6-11/h2-7,12-13H,8-9H2,1H3,(H,15,16)/t12-,13-/m1/s1. The average molecular weight is 216 g/mol. The molecule has 0 aromatic heterocycles. The van der Waals surface area contributed by atoms with Gasteiger partial charge in [-0.2, -0.15) is 0 Å². The molecule has 1 aromatic rings. The molecule has 0 saturated carbocycles. The molecular formula is C14H16O2. The molecule has 2 rings (SSSR count). The van der Waals surface area contributed by atoms with Crippen LogP contribution in [0.1, 0.15) is 31.2 Å². The molecule has 0 aliphatic heterocycles. The molecule has 0 fully saturated rings. The zero-order valence-corrected chi connectivity index (χ0v) is 9.39. The molecule has 84 valence electrons. The highest BCUT2D eigenvalue weighted by molar-refractivity contribution is 5.72. The lowest BCUT2D eigenvalue weighted by Crippen LogP contribution is -2.24. The second kappa shape index (κ2) is 4.52. The van der Waals surface area contributed by atoms with Crippen LogP contribution >= 0.6 is 0 Å². The minimum Gasteiger partial charge on any atom is -0.481 e. The summed E-state index contributed by atoms with van der Waals surface area (Å²) >= 11 is 0. The number of rotatable bonds is 2. The van der Waals surface area contributed by atoms with Crippen molar-refractivity contribution in [3.63, 3.8) is 0 Å². The third-order valence-electron chi connectivity index (χ3n) is 3.29. The van der Waals surface area contributed by atoms with Crippen LogP contribution in [0.2, 0.25) is 0 Å². The van der Waals surface area contributed by atoms with Crippen molar-refractivity contribution < 1.29 is 9.90 Å². The molecule has 0 heterocycles. The van der Waals surface area contributed by atoms with E-state index in [1.54, 1.807) is 0 Å². The summed E-state index contributed by atoms with van der Waals surface area (Å²) in [7, 11) is 0. The molecule has 1 aliphatic carbocycles. The molecule has 0 amide bonds. The van der Waals surface area contributed by atoms with Gasteiger partial charge in [0.25, 0.3) is 0 Å². The van der Waals surface area contributed by atoms with Crippen LogP contribution < -0.4 is 0 Å². The number of aliphatic carboxylic acids is 1. The van der Waals surface area contributed by atoms with Crippen molar-refractivity contribution in [3.8, 4) is 0 Å². The first-order valence-corrected chi connectivity index (χ1v) is 5.62. The van der Waals surface area contributed by atoms with E-state index in [-0.39, 0.29) is 11.8 Å². The minimum absolute atomic E-state index is 0.128. The van der Waals surface area contributed by atoms with Crippen LogP contribution in [0.25, 0.3) is 0 Å². The summed E-state index contributed by atoms with van der Waals surface area (Å²) in [4.78, 5) is 11.2. The van der Waals surface area contributed by atoms with Crippen LogP contribution in [0.5, 0.6) is 0 Å². The van der Waals surface area contributed by atoms with E-state index in [4.69, 9.17) is 0 Å². The number of allylic oxidation sites excluding steroid dienone is 2. The van der Waals surface area contributed by atoms with Crippen molar-refractivity contribution in [1.82, 2.24) is 0 Å². The fourth-order valence-corrected chi connectivity index (χ4v) is 2.39. The number of carboxylic acids is 1. The van der Waals surface area contributed by atoms with E-state index in [0.717, 1.165) is 12.0 Å². The largest absolute Gasteiger partial charge is 0.481 e. The lowest BCUT2D eigenvalue weighted by atomic mass is 9.76. The van der Waals surface area contributed by atoms with Gasteiger partial charge in [0.05, 0.1) is 5.92 Å². The van der Waals surface area contributed by atoms with E-state index in [9.17, 15) is 9.90 Å². The van der Waals surface area contributed by atoms with Gasteiger partial charge in [-0.05, 0) is 25.3 Å². The highest BCUT2D eigenvalue weighted by Gasteiger charge is 2.31. The maximum atomic E-state index is 11.2. The predicted octanol–water partition coefficient (Wildman–Crippen LogP) is 3.21. The molecule has 0 saturated heterocycles. The van der Waals surface area contributed by atoms with Gasteiger partial charge >= 0.3 is 5.97 Å². The lowest BCUT2D eigenvalue weighted by molar-refractivity contribution is -0.142. The fraction of sp³-hybridized carbons (Fsp3) is 0.357. The molecule has 1 aliphatic rings. The van der Waals surface area contributed by atoms with Gasteiger partial charge in [-0.3, -0.25) is 4.79 Å². The molecule has 1 aromatic carbocycles. The highest BCUT2D eigenvalue weighted by atomic mass is 16.4. The van der Waals surface area contributed by atoms with Gasteiger partial charge in [-0.25, -0.2) is 0 Å². The van der Waals surface area contributed by atoms with E-state index < -0.39 is 5.97 Å². The van der Waals surface area contributed by atoms with Crippen LogP contribution in [0, 0.1) is 5.92 Å². The van der Waals surface area contributed by atoms with Gasteiger partial charge in [0.15, 0.2) is 0 Å². The number of carbonyl (C=O) groups is 1. The van der Waals surface area contributed by atoms with Crippen molar-refractivity contribution in [2.75, 3.05) is 0 Å². The predicted molar refractivity (Wildman–Crippen MR) is 63.3 cm³/mol. The van der Waals surface area contributed by atoms with Gasteiger partial charge in [0.1, 0.15) is 0 Å². The minimum atomic E-state index is -0.683. The monoisotopic (exact) mass is 216 g/mol. The van der Waals surface area contributed by atoms with Gasteiger partial charge in [0.2, 0.25) is 0 Å². The first-order chi connectivity index (χ1) is 7.68. The van der Waals surface area contributed by atoms with E-state index in [1.807, 2.05) is 30.3 Å². The maximum Gasteiger partial charge on any atom is 0.307 e. The molecule has 2 heteroatoms. The second-order valence-electron chi connectivity index (χ2n) is 4.45. The van der Waals surface area contributed by atoms with Crippen LogP contribution in [0.4, 0.5) is 0 Å². The van der Waals surface area contributed by atoms with Gasteiger partial charge < -0.3 is 5.11 Å². The second-order valence-corrected chi connectivity index (χ2v) is 4.45. The fourth-order valence-electron chi connectivity index (χ4n) is 2.39. The first-order valence-electron chi connectivity index (χ1n) is 5.62. The summed E-state index contributed by atoms with van der Waals surface area (Å²) in [6.07, 6.45) is 3.57. The number of carboxylic acid groups (broad SMARTS) is 1. The summed E-state index contributed by atoms with van der Waals surface area (Å²) in [6.45, 7) is 2.08. The lowest BCUT2D eigenvalue weighted by Gasteiger charge is -2.28. The number of hydrogen-bond acceptors (Lipinski definition) is 1. The molecule has 0 radical (unpaired) electrons. The average Bonchev–Trinajstić information content (AvgIpc) is 2.29. The molecule has 0 spiro atoms. The molecule has 16 heavy (non-hydrogen) atoms. The van der Waals surface area contributed by atoms with Crippen LogP contribution in [0.15, 0.2) is 42.0 Å². The van der Waals surface area contributed by atoms with Crippen molar-refractivity contribution in [3.05, 3.63) is 47.5 Å². The Morgan fingerprint density at radius 3 is 2.62 bits per heavy atom. The Labute approximate surface area is 95.6 Å². The van der Waals surface area contributed by atoms with Gasteiger partial charge in [0, 0.05) is 5.92 Å².